The van der Waals surface area contributed by atoms with Crippen LogP contribution in [0.1, 0.15) is 45.0 Å². The molecule has 23 heavy (non-hydrogen) atoms. The highest BCUT2D eigenvalue weighted by molar-refractivity contribution is 5.96. The van der Waals surface area contributed by atoms with Crippen molar-refractivity contribution in [3.8, 4) is 11.5 Å². The SMILES string of the molecule is COc1ccc(C(N)=O)c(OC(C)C(=O)N(C(C)C)C(C)C)c1. The smallest absolute Gasteiger partial charge is 0.263 e. The summed E-state index contributed by atoms with van der Waals surface area (Å²) in [6.07, 6.45) is -0.745. The Balaban J connectivity index is 3.06. The van der Waals surface area contributed by atoms with Gasteiger partial charge in [0.15, 0.2) is 6.10 Å². The summed E-state index contributed by atoms with van der Waals surface area (Å²) in [5, 5.41) is 0. The van der Waals surface area contributed by atoms with Crippen molar-refractivity contribution in [2.75, 3.05) is 7.11 Å². The lowest BCUT2D eigenvalue weighted by Gasteiger charge is -2.33. The van der Waals surface area contributed by atoms with E-state index in [-0.39, 0.29) is 29.3 Å². The zero-order valence-electron chi connectivity index (χ0n) is 14.6. The number of ether oxygens (including phenoxy) is 2. The number of amides is 2. The standard InChI is InChI=1S/C17H26N2O4/c1-10(2)19(11(3)4)17(21)12(5)23-15-9-13(22-6)7-8-14(15)16(18)20/h7-12H,1-6H3,(H2,18,20). The second kappa shape index (κ2) is 7.85. The summed E-state index contributed by atoms with van der Waals surface area (Å²) in [5.74, 6) is -0.000459. The number of methoxy groups -OCH3 is 1. The molecule has 0 aliphatic rings. The lowest BCUT2D eigenvalue weighted by Crippen LogP contribution is -2.48. The van der Waals surface area contributed by atoms with Gasteiger partial charge < -0.3 is 20.1 Å². The van der Waals surface area contributed by atoms with Gasteiger partial charge in [0, 0.05) is 18.2 Å². The normalized spacial score (nSPS) is 12.2. The monoisotopic (exact) mass is 322 g/mol. The molecule has 0 radical (unpaired) electrons. The molecule has 6 heteroatoms. The zero-order chi connectivity index (χ0) is 17.7. The van der Waals surface area contributed by atoms with Crippen molar-refractivity contribution >= 4 is 11.8 Å². The quantitative estimate of drug-likeness (QED) is 0.834. The fourth-order valence-electron chi connectivity index (χ4n) is 2.49. The molecule has 0 spiro atoms. The summed E-state index contributed by atoms with van der Waals surface area (Å²) in [5.41, 5.74) is 5.57. The van der Waals surface area contributed by atoms with Gasteiger partial charge >= 0.3 is 0 Å². The number of rotatable bonds is 7. The molecule has 2 N–H and O–H groups in total. The Morgan fingerprint density at radius 2 is 1.65 bits per heavy atom. The summed E-state index contributed by atoms with van der Waals surface area (Å²) >= 11 is 0. The Bertz CT molecular complexity index is 562. The molecule has 0 saturated heterocycles. The van der Waals surface area contributed by atoms with E-state index >= 15 is 0 Å². The Hall–Kier alpha value is -2.24. The van der Waals surface area contributed by atoms with Crippen LogP contribution in [0.5, 0.6) is 11.5 Å². The number of carbonyl (C=O) groups is 2. The van der Waals surface area contributed by atoms with Crippen molar-refractivity contribution in [1.29, 1.82) is 0 Å². The topological polar surface area (TPSA) is 81.9 Å². The van der Waals surface area contributed by atoms with E-state index in [1.165, 1.54) is 13.2 Å². The molecule has 1 aromatic carbocycles. The van der Waals surface area contributed by atoms with Crippen molar-refractivity contribution in [2.24, 2.45) is 5.73 Å². The van der Waals surface area contributed by atoms with Gasteiger partial charge in [-0.25, -0.2) is 0 Å². The lowest BCUT2D eigenvalue weighted by atomic mass is 10.1. The van der Waals surface area contributed by atoms with Gasteiger partial charge in [-0.2, -0.15) is 0 Å². The molecule has 0 fully saturated rings. The highest BCUT2D eigenvalue weighted by Gasteiger charge is 2.27. The summed E-state index contributed by atoms with van der Waals surface area (Å²) in [6, 6.07) is 4.80. The first-order valence-corrected chi connectivity index (χ1v) is 7.65. The van der Waals surface area contributed by atoms with Crippen LogP contribution >= 0.6 is 0 Å². The Labute approximate surface area is 137 Å². The van der Waals surface area contributed by atoms with Crippen molar-refractivity contribution in [3.63, 3.8) is 0 Å². The van der Waals surface area contributed by atoms with Gasteiger partial charge in [0.05, 0.1) is 12.7 Å². The first kappa shape index (κ1) is 18.8. The van der Waals surface area contributed by atoms with Crippen LogP contribution in [0.4, 0.5) is 0 Å². The van der Waals surface area contributed by atoms with Gasteiger partial charge in [-0.05, 0) is 46.8 Å². The van der Waals surface area contributed by atoms with Crippen LogP contribution in [0.2, 0.25) is 0 Å². The largest absolute Gasteiger partial charge is 0.497 e. The molecule has 0 aliphatic carbocycles. The second-order valence-electron chi connectivity index (χ2n) is 5.92. The van der Waals surface area contributed by atoms with Crippen LogP contribution in [0.15, 0.2) is 18.2 Å². The first-order valence-electron chi connectivity index (χ1n) is 7.65. The predicted octanol–water partition coefficient (Wildman–Crippen LogP) is 2.21. The van der Waals surface area contributed by atoms with E-state index in [0.717, 1.165) is 0 Å². The van der Waals surface area contributed by atoms with E-state index in [1.54, 1.807) is 24.0 Å². The van der Waals surface area contributed by atoms with Crippen molar-refractivity contribution < 1.29 is 19.1 Å². The van der Waals surface area contributed by atoms with Crippen LogP contribution < -0.4 is 15.2 Å². The lowest BCUT2D eigenvalue weighted by molar-refractivity contribution is -0.141. The number of primary amides is 1. The van der Waals surface area contributed by atoms with Gasteiger partial charge in [0.25, 0.3) is 11.8 Å². The Morgan fingerprint density at radius 1 is 1.09 bits per heavy atom. The molecular formula is C17H26N2O4. The van der Waals surface area contributed by atoms with Crippen molar-refractivity contribution in [2.45, 2.75) is 52.8 Å². The third-order valence-corrected chi connectivity index (χ3v) is 3.47. The average molecular weight is 322 g/mol. The number of benzene rings is 1. The van der Waals surface area contributed by atoms with Gasteiger partial charge in [-0.3, -0.25) is 9.59 Å². The van der Waals surface area contributed by atoms with Gasteiger partial charge in [0.2, 0.25) is 0 Å². The first-order chi connectivity index (χ1) is 10.7. The van der Waals surface area contributed by atoms with Crippen molar-refractivity contribution in [1.82, 2.24) is 4.90 Å². The van der Waals surface area contributed by atoms with E-state index in [0.29, 0.717) is 5.75 Å². The summed E-state index contributed by atoms with van der Waals surface area (Å²) < 4.78 is 10.8. The van der Waals surface area contributed by atoms with Crippen molar-refractivity contribution in [3.05, 3.63) is 23.8 Å². The molecule has 1 unspecified atom stereocenters. The van der Waals surface area contributed by atoms with Gasteiger partial charge in [0.1, 0.15) is 11.5 Å². The number of hydrogen-bond acceptors (Lipinski definition) is 4. The van der Waals surface area contributed by atoms with Crippen LogP contribution in [0.3, 0.4) is 0 Å². The van der Waals surface area contributed by atoms with Crippen LogP contribution in [-0.2, 0) is 4.79 Å². The van der Waals surface area contributed by atoms with E-state index in [1.807, 2.05) is 27.7 Å². The minimum Gasteiger partial charge on any atom is -0.497 e. The maximum atomic E-state index is 12.6. The summed E-state index contributed by atoms with van der Waals surface area (Å²) in [6.45, 7) is 9.45. The predicted molar refractivity (Wildman–Crippen MR) is 88.7 cm³/mol. The molecule has 2 amide bonds. The molecule has 1 atom stereocenters. The van der Waals surface area contributed by atoms with Crippen LogP contribution in [0.25, 0.3) is 0 Å². The van der Waals surface area contributed by atoms with Crippen LogP contribution in [-0.4, -0.2) is 42.0 Å². The molecule has 0 saturated carbocycles. The third-order valence-electron chi connectivity index (χ3n) is 3.47. The maximum Gasteiger partial charge on any atom is 0.263 e. The molecule has 6 nitrogen and oxygen atoms in total. The van der Waals surface area contributed by atoms with E-state index in [9.17, 15) is 9.59 Å². The summed E-state index contributed by atoms with van der Waals surface area (Å²) in [7, 11) is 1.51. The molecule has 128 valence electrons. The highest BCUT2D eigenvalue weighted by Crippen LogP contribution is 2.26. The molecule has 0 heterocycles. The fourth-order valence-corrected chi connectivity index (χ4v) is 2.49. The number of hydrogen-bond donors (Lipinski definition) is 1. The minimum absolute atomic E-state index is 0.0504. The second-order valence-corrected chi connectivity index (χ2v) is 5.92. The van der Waals surface area contributed by atoms with E-state index < -0.39 is 12.0 Å². The average Bonchev–Trinajstić information content (AvgIpc) is 2.45. The highest BCUT2D eigenvalue weighted by atomic mass is 16.5. The molecule has 1 rings (SSSR count). The molecule has 1 aromatic rings. The van der Waals surface area contributed by atoms with Gasteiger partial charge in [-0.15, -0.1) is 0 Å². The minimum atomic E-state index is -0.745. The Morgan fingerprint density at radius 3 is 2.09 bits per heavy atom. The maximum absolute atomic E-state index is 12.6. The molecule has 0 bridgehead atoms. The van der Waals surface area contributed by atoms with Gasteiger partial charge in [-0.1, -0.05) is 0 Å². The fraction of sp³-hybridized carbons (Fsp3) is 0.529. The zero-order valence-corrected chi connectivity index (χ0v) is 14.6. The molecular weight excluding hydrogens is 296 g/mol. The summed E-state index contributed by atoms with van der Waals surface area (Å²) in [4.78, 5) is 25.9. The molecule has 0 aromatic heterocycles. The van der Waals surface area contributed by atoms with E-state index in [2.05, 4.69) is 0 Å². The number of nitrogens with zero attached hydrogens (tertiary/aromatic N) is 1. The Kier molecular flexibility index (Phi) is 6.42. The van der Waals surface area contributed by atoms with Crippen LogP contribution in [0, 0.1) is 0 Å². The molecule has 0 aliphatic heterocycles. The third kappa shape index (κ3) is 4.61. The number of nitrogens with two attached hydrogens (primary N) is 1. The number of carbonyl (C=O) groups excluding carboxylic acids is 2. The van der Waals surface area contributed by atoms with E-state index in [4.69, 9.17) is 15.2 Å².